The van der Waals surface area contributed by atoms with E-state index in [-0.39, 0.29) is 0 Å². The SMILES string of the molecule is CCc1nccn1CCCNCc1ccsc1. The van der Waals surface area contributed by atoms with E-state index in [9.17, 15) is 0 Å². The van der Waals surface area contributed by atoms with E-state index < -0.39 is 0 Å². The van der Waals surface area contributed by atoms with Gasteiger partial charge >= 0.3 is 0 Å². The van der Waals surface area contributed by atoms with E-state index in [1.54, 1.807) is 11.3 Å². The Bertz CT molecular complexity index is 420. The normalized spacial score (nSPS) is 10.9. The molecular formula is C13H19N3S. The third-order valence-corrected chi connectivity index (χ3v) is 3.51. The van der Waals surface area contributed by atoms with Crippen LogP contribution >= 0.6 is 11.3 Å². The minimum Gasteiger partial charge on any atom is -0.335 e. The van der Waals surface area contributed by atoms with Gasteiger partial charge in [-0.15, -0.1) is 0 Å². The molecule has 0 aromatic carbocycles. The summed E-state index contributed by atoms with van der Waals surface area (Å²) in [5.41, 5.74) is 1.38. The van der Waals surface area contributed by atoms with Crippen molar-refractivity contribution in [2.24, 2.45) is 0 Å². The Labute approximate surface area is 107 Å². The summed E-state index contributed by atoms with van der Waals surface area (Å²) < 4.78 is 2.24. The van der Waals surface area contributed by atoms with Gasteiger partial charge in [-0.05, 0) is 35.4 Å². The Kier molecular flexibility index (Phi) is 4.76. The van der Waals surface area contributed by atoms with Crippen LogP contribution in [-0.2, 0) is 19.5 Å². The molecule has 0 radical (unpaired) electrons. The predicted molar refractivity (Wildman–Crippen MR) is 72.2 cm³/mol. The van der Waals surface area contributed by atoms with Gasteiger partial charge < -0.3 is 9.88 Å². The third kappa shape index (κ3) is 3.68. The molecule has 0 spiro atoms. The number of imidazole rings is 1. The highest BCUT2D eigenvalue weighted by Crippen LogP contribution is 2.05. The van der Waals surface area contributed by atoms with Crippen LogP contribution in [-0.4, -0.2) is 16.1 Å². The van der Waals surface area contributed by atoms with Crippen molar-refractivity contribution in [3.8, 4) is 0 Å². The molecule has 0 atom stereocenters. The highest BCUT2D eigenvalue weighted by Gasteiger charge is 1.99. The number of hydrogen-bond donors (Lipinski definition) is 1. The smallest absolute Gasteiger partial charge is 0.108 e. The van der Waals surface area contributed by atoms with Crippen molar-refractivity contribution >= 4 is 11.3 Å². The quantitative estimate of drug-likeness (QED) is 0.765. The molecule has 0 aliphatic rings. The van der Waals surface area contributed by atoms with E-state index in [0.717, 1.165) is 32.5 Å². The zero-order chi connectivity index (χ0) is 11.9. The van der Waals surface area contributed by atoms with Crippen molar-refractivity contribution in [1.29, 1.82) is 0 Å². The molecule has 1 N–H and O–H groups in total. The molecule has 0 saturated heterocycles. The van der Waals surface area contributed by atoms with E-state index in [4.69, 9.17) is 0 Å². The van der Waals surface area contributed by atoms with Gasteiger partial charge in [0.15, 0.2) is 0 Å². The molecule has 0 saturated carbocycles. The van der Waals surface area contributed by atoms with Gasteiger partial charge in [0.2, 0.25) is 0 Å². The van der Waals surface area contributed by atoms with Gasteiger partial charge in [-0.25, -0.2) is 4.98 Å². The fourth-order valence-electron chi connectivity index (χ4n) is 1.86. The zero-order valence-corrected chi connectivity index (χ0v) is 11.0. The Hall–Kier alpha value is -1.13. The van der Waals surface area contributed by atoms with Crippen molar-refractivity contribution in [1.82, 2.24) is 14.9 Å². The van der Waals surface area contributed by atoms with Gasteiger partial charge in [-0.2, -0.15) is 11.3 Å². The van der Waals surface area contributed by atoms with Crippen molar-refractivity contribution < 1.29 is 0 Å². The van der Waals surface area contributed by atoms with E-state index in [0.29, 0.717) is 0 Å². The van der Waals surface area contributed by atoms with E-state index in [1.807, 2.05) is 6.20 Å². The summed E-state index contributed by atoms with van der Waals surface area (Å²) in [6, 6.07) is 2.17. The average molecular weight is 249 g/mol. The summed E-state index contributed by atoms with van der Waals surface area (Å²) in [6.07, 6.45) is 6.11. The standard InChI is InChI=1S/C13H19N3S/c1-2-13-15-6-8-16(13)7-3-5-14-10-12-4-9-17-11-12/h4,6,8-9,11,14H,2-3,5,7,10H2,1H3. The maximum Gasteiger partial charge on any atom is 0.108 e. The number of rotatable bonds is 7. The van der Waals surface area contributed by atoms with E-state index in [1.165, 1.54) is 11.4 Å². The molecule has 0 unspecified atom stereocenters. The molecule has 0 amide bonds. The number of aryl methyl sites for hydroxylation is 2. The maximum absolute atomic E-state index is 4.32. The zero-order valence-electron chi connectivity index (χ0n) is 10.2. The van der Waals surface area contributed by atoms with E-state index >= 15 is 0 Å². The lowest BCUT2D eigenvalue weighted by molar-refractivity contribution is 0.567. The van der Waals surface area contributed by atoms with Crippen LogP contribution in [0.5, 0.6) is 0 Å². The number of hydrogen-bond acceptors (Lipinski definition) is 3. The van der Waals surface area contributed by atoms with Crippen LogP contribution in [0.1, 0.15) is 24.7 Å². The second-order valence-electron chi connectivity index (χ2n) is 4.05. The molecule has 92 valence electrons. The predicted octanol–water partition coefficient (Wildman–Crippen LogP) is 2.69. The van der Waals surface area contributed by atoms with Crippen LogP contribution in [0.2, 0.25) is 0 Å². The molecule has 2 rings (SSSR count). The summed E-state index contributed by atoms with van der Waals surface area (Å²) in [5, 5.41) is 7.77. The Morgan fingerprint density at radius 1 is 1.47 bits per heavy atom. The monoisotopic (exact) mass is 249 g/mol. The fraction of sp³-hybridized carbons (Fsp3) is 0.462. The van der Waals surface area contributed by atoms with Gasteiger partial charge in [0.1, 0.15) is 5.82 Å². The van der Waals surface area contributed by atoms with Gasteiger partial charge in [-0.1, -0.05) is 6.92 Å². The Balaban J connectivity index is 1.63. The first-order valence-corrected chi connectivity index (χ1v) is 7.06. The fourth-order valence-corrected chi connectivity index (χ4v) is 2.53. The number of nitrogens with zero attached hydrogens (tertiary/aromatic N) is 2. The molecule has 3 nitrogen and oxygen atoms in total. The summed E-state index contributed by atoms with van der Waals surface area (Å²) in [7, 11) is 0. The molecule has 2 aromatic heterocycles. The molecule has 17 heavy (non-hydrogen) atoms. The Morgan fingerprint density at radius 3 is 3.18 bits per heavy atom. The Morgan fingerprint density at radius 2 is 2.41 bits per heavy atom. The minimum absolute atomic E-state index is 0.980. The van der Waals surface area contributed by atoms with E-state index in [2.05, 4.69) is 44.8 Å². The van der Waals surface area contributed by atoms with Crippen molar-refractivity contribution in [3.63, 3.8) is 0 Å². The highest BCUT2D eigenvalue weighted by molar-refractivity contribution is 7.07. The molecule has 2 heterocycles. The van der Waals surface area contributed by atoms with Crippen molar-refractivity contribution in [3.05, 3.63) is 40.6 Å². The second kappa shape index (κ2) is 6.57. The van der Waals surface area contributed by atoms with Gasteiger partial charge in [0.05, 0.1) is 0 Å². The first kappa shape index (κ1) is 12.3. The molecule has 0 bridgehead atoms. The van der Waals surface area contributed by atoms with Crippen LogP contribution in [0, 0.1) is 0 Å². The van der Waals surface area contributed by atoms with Crippen molar-refractivity contribution in [2.45, 2.75) is 32.9 Å². The highest BCUT2D eigenvalue weighted by atomic mass is 32.1. The van der Waals surface area contributed by atoms with Crippen LogP contribution in [0.25, 0.3) is 0 Å². The number of aromatic nitrogens is 2. The molecule has 0 aliphatic heterocycles. The molecular weight excluding hydrogens is 230 g/mol. The minimum atomic E-state index is 0.980. The summed E-state index contributed by atoms with van der Waals surface area (Å²) >= 11 is 1.75. The van der Waals surface area contributed by atoms with Crippen LogP contribution < -0.4 is 5.32 Å². The first-order chi connectivity index (χ1) is 8.40. The summed E-state index contributed by atoms with van der Waals surface area (Å²) in [6.45, 7) is 5.23. The second-order valence-corrected chi connectivity index (χ2v) is 4.83. The largest absolute Gasteiger partial charge is 0.335 e. The maximum atomic E-state index is 4.32. The molecule has 4 heteroatoms. The lowest BCUT2D eigenvalue weighted by Gasteiger charge is -2.07. The number of thiophene rings is 1. The molecule has 2 aromatic rings. The first-order valence-electron chi connectivity index (χ1n) is 6.12. The third-order valence-electron chi connectivity index (χ3n) is 2.78. The van der Waals surface area contributed by atoms with Gasteiger partial charge in [0, 0.05) is 31.9 Å². The van der Waals surface area contributed by atoms with Crippen LogP contribution in [0.3, 0.4) is 0 Å². The van der Waals surface area contributed by atoms with Crippen molar-refractivity contribution in [2.75, 3.05) is 6.54 Å². The molecule has 0 fully saturated rings. The lowest BCUT2D eigenvalue weighted by Crippen LogP contribution is -2.16. The molecule has 0 aliphatic carbocycles. The topological polar surface area (TPSA) is 29.9 Å². The average Bonchev–Trinajstić information content (AvgIpc) is 2.98. The summed E-state index contributed by atoms with van der Waals surface area (Å²) in [4.78, 5) is 4.32. The van der Waals surface area contributed by atoms with Crippen LogP contribution in [0.4, 0.5) is 0 Å². The van der Waals surface area contributed by atoms with Gasteiger partial charge in [0.25, 0.3) is 0 Å². The summed E-state index contributed by atoms with van der Waals surface area (Å²) in [5.74, 6) is 1.18. The van der Waals surface area contributed by atoms with Gasteiger partial charge in [-0.3, -0.25) is 0 Å². The lowest BCUT2D eigenvalue weighted by atomic mass is 10.3. The number of nitrogens with one attached hydrogen (secondary N) is 1. The van der Waals surface area contributed by atoms with Crippen LogP contribution in [0.15, 0.2) is 29.2 Å².